The van der Waals surface area contributed by atoms with E-state index in [0.29, 0.717) is 89.5 Å². The van der Waals surface area contributed by atoms with E-state index in [1.165, 1.54) is 24.3 Å². The molecule has 6 aliphatic rings. The maximum atomic E-state index is 14.0. The molecular weight excluding hydrogens is 1720 g/mol. The van der Waals surface area contributed by atoms with Crippen LogP contribution in [0.4, 0.5) is 22.0 Å². The van der Waals surface area contributed by atoms with Crippen molar-refractivity contribution in [3.63, 3.8) is 0 Å². The molecule has 0 amide bonds. The summed E-state index contributed by atoms with van der Waals surface area (Å²) in [5.74, 6) is -1.63. The van der Waals surface area contributed by atoms with Gasteiger partial charge in [-0.3, -0.25) is 53.3 Å². The quantitative estimate of drug-likeness (QED) is 0.0349. The molecule has 744 valence electrons. The van der Waals surface area contributed by atoms with Crippen LogP contribution in [0.2, 0.25) is 5.02 Å². The lowest BCUT2D eigenvalue weighted by Gasteiger charge is -2.38. The Hall–Kier alpha value is -7.20. The predicted molar refractivity (Wildman–Crippen MR) is 536 cm³/mol. The van der Waals surface area contributed by atoms with Crippen LogP contribution >= 0.6 is 11.6 Å². The van der Waals surface area contributed by atoms with Crippen molar-refractivity contribution in [3.05, 3.63) is 211 Å². The maximum absolute atomic E-state index is 14.0. The fourth-order valence-electron chi connectivity index (χ4n) is 18.3. The predicted octanol–water partition coefficient (Wildman–Crippen LogP) is 18.0. The van der Waals surface area contributed by atoms with Crippen LogP contribution in [-0.2, 0) is 28.8 Å². The van der Waals surface area contributed by atoms with Crippen molar-refractivity contribution in [2.24, 2.45) is 35.5 Å². The van der Waals surface area contributed by atoms with Gasteiger partial charge in [-0.05, 0) is 206 Å². The minimum Gasteiger partial charge on any atom is -0.393 e. The molecule has 6 saturated heterocycles. The number of likely N-dealkylation sites (tertiary alicyclic amines) is 2. The van der Waals surface area contributed by atoms with Gasteiger partial charge >= 0.3 is 0 Å². The molecule has 6 aliphatic heterocycles. The number of halogens is 6. The number of Topliss-reactive ketones (excluding diaryl/α,β-unsaturated/α-hetero) is 6. The molecule has 6 aromatic carbocycles. The molecule has 0 radical (unpaired) electrons. The number of aliphatic hydroxyl groups excluding tert-OH is 2. The molecule has 3 N–H and O–H groups in total. The van der Waals surface area contributed by atoms with Crippen molar-refractivity contribution in [1.82, 2.24) is 49.4 Å². The molecule has 8 atom stereocenters. The van der Waals surface area contributed by atoms with Gasteiger partial charge in [0.1, 0.15) is 63.8 Å². The average Bonchev–Trinajstić information content (AvgIpc) is 0.878. The Bertz CT molecular complexity index is 4250. The Labute approximate surface area is 806 Å². The molecule has 0 saturated carbocycles. The third-order valence-electron chi connectivity index (χ3n) is 27.5. The van der Waals surface area contributed by atoms with Crippen LogP contribution < -0.4 is 5.32 Å². The van der Waals surface area contributed by atoms with Gasteiger partial charge in [0.15, 0.2) is 0 Å². The Morgan fingerprint density at radius 1 is 0.313 bits per heavy atom. The number of ketones is 6. The second-order valence-corrected chi connectivity index (χ2v) is 41.6. The van der Waals surface area contributed by atoms with E-state index in [0.717, 1.165) is 183 Å². The molecule has 12 rings (SSSR count). The molecular formula is C110H164ClF5N10O8. The highest BCUT2D eigenvalue weighted by molar-refractivity contribution is 6.30. The van der Waals surface area contributed by atoms with Gasteiger partial charge in [-0.25, -0.2) is 22.0 Å². The van der Waals surface area contributed by atoms with Crippen LogP contribution in [0, 0.1) is 99.2 Å². The molecule has 0 aromatic heterocycles. The lowest BCUT2D eigenvalue weighted by atomic mass is 9.87. The summed E-state index contributed by atoms with van der Waals surface area (Å²) in [6.07, 6.45) is 2.51. The van der Waals surface area contributed by atoms with Gasteiger partial charge in [0.05, 0.1) is 47.7 Å². The van der Waals surface area contributed by atoms with Gasteiger partial charge in [-0.2, -0.15) is 0 Å². The number of nitrogens with one attached hydrogen (secondary N) is 1. The Balaban J connectivity index is 0.000000219. The summed E-state index contributed by atoms with van der Waals surface area (Å²) in [5.41, 5.74) is 8.08. The first-order valence-electron chi connectivity index (χ1n) is 49.5. The molecule has 6 fully saturated rings. The van der Waals surface area contributed by atoms with Gasteiger partial charge in [0.2, 0.25) is 0 Å². The lowest BCUT2D eigenvalue weighted by Crippen LogP contribution is -2.55. The number of piperidine rings is 2. The summed E-state index contributed by atoms with van der Waals surface area (Å²) in [4.78, 5) is 96.7. The van der Waals surface area contributed by atoms with E-state index in [4.69, 9.17) is 11.6 Å². The van der Waals surface area contributed by atoms with Crippen LogP contribution in [0.15, 0.2) is 115 Å². The number of piperazine rings is 4. The minimum absolute atomic E-state index is 0.0400. The highest BCUT2D eigenvalue weighted by Crippen LogP contribution is 2.33. The first-order valence-corrected chi connectivity index (χ1v) is 49.9. The zero-order chi connectivity index (χ0) is 99.2. The fraction of sp³-hybridized carbons (Fsp3) is 0.618. The summed E-state index contributed by atoms with van der Waals surface area (Å²) in [6, 6.07) is 35.1. The first kappa shape index (κ1) is 114. The number of aliphatic hydroxyl groups is 2. The number of aryl methyl sites for hydroxylation is 5. The number of benzene rings is 6. The third kappa shape index (κ3) is 36.2. The van der Waals surface area contributed by atoms with Crippen LogP contribution in [0.3, 0.4) is 0 Å². The van der Waals surface area contributed by atoms with Crippen LogP contribution in [-0.4, -0.2) is 291 Å². The van der Waals surface area contributed by atoms with Gasteiger partial charge < -0.3 is 35.1 Å². The van der Waals surface area contributed by atoms with E-state index in [1.807, 2.05) is 138 Å². The monoisotopic (exact) mass is 1880 g/mol. The van der Waals surface area contributed by atoms with Crippen LogP contribution in [0.25, 0.3) is 0 Å². The number of hydrogen-bond acceptors (Lipinski definition) is 18. The standard InChI is InChI=1S/C20H31FN2O.C18H27ClN2O.2C18H27FN2O.2C18H26FNO2/c1-14(2)20(24)18(17-7-6-16(5)19(21)12-17)13-22-8-10-23(11-9-22)15(3)4;1-12(2)18(22)17(15-5-7-16(19)8-6-15)11-21-9-13(3)20-14(4)10-21;2*1-13(2)18(22)16(12-21-9-7-20(4)8-10-21)15-6-5-14(3)17(19)11-15;2*1-12(2)18(22)16(11-20-8-6-15(21)7-9-20)14-5-4-13(3)17(19)10-14/h6-7,12,14-15,18H,8-11,13H2,1-5H3;5-8,12-14,17,20H,9-11H2,1-4H3;2*5-6,11,13,16H,7-10,12H2,1-4H3;2*4-5,10,12,15-16,21H,6-9,11H2,1-3H3/t18-;13-,14+,17-;4*16-/m111010/s1. The van der Waals surface area contributed by atoms with Crippen molar-refractivity contribution in [1.29, 1.82) is 0 Å². The average molecular weight is 1890 g/mol. The molecule has 134 heavy (non-hydrogen) atoms. The zero-order valence-corrected chi connectivity index (χ0v) is 86.0. The summed E-state index contributed by atoms with van der Waals surface area (Å²) < 4.78 is 69.5. The number of hydrogen-bond donors (Lipinski definition) is 3. The highest BCUT2D eigenvalue weighted by atomic mass is 35.5. The van der Waals surface area contributed by atoms with E-state index < -0.39 is 0 Å². The summed E-state index contributed by atoms with van der Waals surface area (Å²) in [6.45, 7) is 61.7. The maximum Gasteiger partial charge on any atom is 0.144 e. The summed E-state index contributed by atoms with van der Waals surface area (Å²) >= 11 is 5.98. The minimum atomic E-state index is -0.301. The molecule has 0 aliphatic carbocycles. The van der Waals surface area contributed by atoms with E-state index in [-0.39, 0.29) is 141 Å². The molecule has 18 nitrogen and oxygen atoms in total. The van der Waals surface area contributed by atoms with Crippen LogP contribution in [0.1, 0.15) is 233 Å². The number of carbonyl (C=O) groups excluding carboxylic acids is 6. The van der Waals surface area contributed by atoms with E-state index in [2.05, 4.69) is 91.2 Å². The second-order valence-electron chi connectivity index (χ2n) is 41.1. The first-order chi connectivity index (χ1) is 63.2. The largest absolute Gasteiger partial charge is 0.393 e. The van der Waals surface area contributed by atoms with E-state index in [9.17, 15) is 60.9 Å². The number of carbonyl (C=O) groups is 6. The second kappa shape index (κ2) is 55.6. The Kier molecular flexibility index (Phi) is 47.2. The van der Waals surface area contributed by atoms with Crippen LogP contribution in [0.5, 0.6) is 0 Å². The van der Waals surface area contributed by atoms with Crippen molar-refractivity contribution in [2.45, 2.75) is 237 Å². The smallest absolute Gasteiger partial charge is 0.144 e. The summed E-state index contributed by atoms with van der Waals surface area (Å²) in [7, 11) is 4.23. The normalized spacial score (nSPS) is 19.5. The highest BCUT2D eigenvalue weighted by Gasteiger charge is 2.36. The molecule has 0 bridgehead atoms. The van der Waals surface area contributed by atoms with Gasteiger partial charge in [-0.15, -0.1) is 0 Å². The van der Waals surface area contributed by atoms with E-state index in [1.54, 1.807) is 71.0 Å². The van der Waals surface area contributed by atoms with Crippen molar-refractivity contribution < 1.29 is 60.9 Å². The lowest BCUT2D eigenvalue weighted by molar-refractivity contribution is -0.124. The topological polar surface area (TPSA) is 184 Å². The zero-order valence-electron chi connectivity index (χ0n) is 85.2. The molecule has 6 aromatic rings. The fourth-order valence-corrected chi connectivity index (χ4v) is 18.4. The molecule has 0 unspecified atom stereocenters. The van der Waals surface area contributed by atoms with Crippen molar-refractivity contribution in [2.75, 3.05) is 171 Å². The van der Waals surface area contributed by atoms with Gasteiger partial charge in [-0.1, -0.05) is 167 Å². The van der Waals surface area contributed by atoms with Crippen molar-refractivity contribution in [3.8, 4) is 0 Å². The number of nitrogens with zero attached hydrogens (tertiary/aromatic N) is 9. The Morgan fingerprint density at radius 2 is 0.515 bits per heavy atom. The van der Waals surface area contributed by atoms with Crippen molar-refractivity contribution >= 4 is 46.3 Å². The van der Waals surface area contributed by atoms with Gasteiger partial charge in [0, 0.05) is 216 Å². The molecule has 24 heteroatoms. The SMILES string of the molecule is CC(C)C(=O)[C@H](CN1C[C@@H](C)N[C@@H](C)C1)c1ccc(Cl)cc1.Cc1ccc([C@@H](CN2CCC(O)CC2)C(=O)C(C)C)cc1F.Cc1ccc([C@@H](CN2CCN(C(C)C)CC2)C(=O)C(C)C)cc1F.Cc1ccc([C@@H](CN2CCN(C)CC2)C(=O)C(C)C)cc1F.Cc1ccc([C@H](CN2CCC(O)CC2)C(=O)C(C)C)cc1F.Cc1ccc([C@H](CN2CCN(C)CC2)C(=O)C(C)C)cc1F. The third-order valence-corrected chi connectivity index (χ3v) is 27.7. The number of rotatable bonds is 31. The van der Waals surface area contributed by atoms with E-state index >= 15 is 0 Å². The number of likely N-dealkylation sites (N-methyl/N-ethyl adjacent to an activating group) is 2. The molecule has 6 heterocycles. The molecule has 0 spiro atoms. The summed E-state index contributed by atoms with van der Waals surface area (Å²) in [5, 5.41) is 23.4. The van der Waals surface area contributed by atoms with Gasteiger partial charge in [0.25, 0.3) is 0 Å². The Morgan fingerprint density at radius 3 is 0.731 bits per heavy atom.